The van der Waals surface area contributed by atoms with E-state index in [1.165, 1.54) is 16.0 Å². The highest BCUT2D eigenvalue weighted by molar-refractivity contribution is 7.99. The van der Waals surface area contributed by atoms with E-state index in [1.807, 2.05) is 10.6 Å². The van der Waals surface area contributed by atoms with Crippen molar-refractivity contribution in [1.29, 1.82) is 0 Å². The minimum absolute atomic E-state index is 0.0821. The predicted molar refractivity (Wildman–Crippen MR) is 105 cm³/mol. The van der Waals surface area contributed by atoms with E-state index in [-0.39, 0.29) is 5.54 Å². The van der Waals surface area contributed by atoms with Gasteiger partial charge in [0.1, 0.15) is 6.33 Å². The van der Waals surface area contributed by atoms with Crippen LogP contribution in [0, 0.1) is 13.8 Å². The van der Waals surface area contributed by atoms with Gasteiger partial charge in [-0.1, -0.05) is 23.9 Å². The number of fused-ring (bicyclic) bond motifs is 1. The monoisotopic (exact) mass is 368 g/mol. The predicted octanol–water partition coefficient (Wildman–Crippen LogP) is 3.21. The Hall–Kier alpha value is -2.12. The summed E-state index contributed by atoms with van der Waals surface area (Å²) in [5.74, 6) is 0.894. The van der Waals surface area contributed by atoms with Crippen LogP contribution in [0.15, 0.2) is 40.5 Å². The van der Waals surface area contributed by atoms with Crippen LogP contribution in [0.1, 0.15) is 30.9 Å². The summed E-state index contributed by atoms with van der Waals surface area (Å²) < 4.78 is 1.99. The average Bonchev–Trinajstić information content (AvgIpc) is 3.10. The van der Waals surface area contributed by atoms with Crippen molar-refractivity contribution in [1.82, 2.24) is 19.6 Å². The van der Waals surface area contributed by atoms with Crippen LogP contribution in [0.3, 0.4) is 0 Å². The lowest BCUT2D eigenvalue weighted by molar-refractivity contribution is 0.361. The number of anilines is 1. The van der Waals surface area contributed by atoms with E-state index in [2.05, 4.69) is 54.1 Å². The first-order chi connectivity index (χ1) is 12.4. The van der Waals surface area contributed by atoms with Crippen LogP contribution in [0.25, 0.3) is 5.65 Å². The summed E-state index contributed by atoms with van der Waals surface area (Å²) in [5.41, 5.74) is 9.61. The van der Waals surface area contributed by atoms with Gasteiger partial charge in [-0.15, -0.1) is 10.2 Å². The van der Waals surface area contributed by atoms with E-state index >= 15 is 0 Å². The molecule has 3 aromatic rings. The van der Waals surface area contributed by atoms with Gasteiger partial charge in [-0.2, -0.15) is 0 Å². The molecule has 1 aliphatic rings. The Kier molecular flexibility index (Phi) is 4.36. The number of aromatic nitrogens is 4. The molecule has 0 bridgehead atoms. The van der Waals surface area contributed by atoms with Gasteiger partial charge < -0.3 is 10.6 Å². The molecule has 0 unspecified atom stereocenters. The summed E-state index contributed by atoms with van der Waals surface area (Å²) in [7, 11) is 0. The molecule has 1 saturated heterocycles. The zero-order chi connectivity index (χ0) is 18.3. The summed E-state index contributed by atoms with van der Waals surface area (Å²) in [4.78, 5) is 9.26. The van der Waals surface area contributed by atoms with Crippen molar-refractivity contribution in [2.24, 2.45) is 5.73 Å². The molecule has 0 amide bonds. The Bertz CT molecular complexity index is 938. The van der Waals surface area contributed by atoms with E-state index in [1.54, 1.807) is 18.1 Å². The molecule has 7 heteroatoms. The fourth-order valence-electron chi connectivity index (χ4n) is 3.26. The molecule has 1 fully saturated rings. The molecule has 0 atom stereocenters. The van der Waals surface area contributed by atoms with Gasteiger partial charge in [-0.25, -0.2) is 9.38 Å². The van der Waals surface area contributed by atoms with Crippen molar-refractivity contribution in [3.8, 4) is 0 Å². The Labute approximate surface area is 157 Å². The van der Waals surface area contributed by atoms with Crippen LogP contribution < -0.4 is 10.6 Å². The highest BCUT2D eigenvalue weighted by atomic mass is 32.2. The molecule has 26 heavy (non-hydrogen) atoms. The number of piperidine rings is 1. The minimum Gasteiger partial charge on any atom is -0.342 e. The van der Waals surface area contributed by atoms with E-state index < -0.39 is 0 Å². The van der Waals surface area contributed by atoms with E-state index in [0.29, 0.717) is 0 Å². The molecule has 136 valence electrons. The molecule has 4 rings (SSSR count). The third kappa shape index (κ3) is 3.17. The average molecular weight is 369 g/mol. The first-order valence-electron chi connectivity index (χ1n) is 8.91. The van der Waals surface area contributed by atoms with Crippen molar-refractivity contribution in [2.45, 2.75) is 48.9 Å². The van der Waals surface area contributed by atoms with E-state index in [4.69, 9.17) is 10.7 Å². The van der Waals surface area contributed by atoms with Crippen LogP contribution in [0.2, 0.25) is 0 Å². The molecule has 2 aromatic heterocycles. The summed E-state index contributed by atoms with van der Waals surface area (Å²) in [6, 6.07) is 6.36. The van der Waals surface area contributed by atoms with Gasteiger partial charge in [0.05, 0.1) is 4.90 Å². The Morgan fingerprint density at radius 3 is 2.69 bits per heavy atom. The summed E-state index contributed by atoms with van der Waals surface area (Å²) in [5, 5.41) is 8.49. The molecule has 0 saturated carbocycles. The van der Waals surface area contributed by atoms with Crippen LogP contribution in [-0.2, 0) is 0 Å². The van der Waals surface area contributed by atoms with Crippen molar-refractivity contribution in [2.75, 3.05) is 18.0 Å². The van der Waals surface area contributed by atoms with Crippen molar-refractivity contribution >= 4 is 23.4 Å². The number of benzene rings is 1. The van der Waals surface area contributed by atoms with Gasteiger partial charge >= 0.3 is 0 Å². The van der Waals surface area contributed by atoms with Gasteiger partial charge in [0.2, 0.25) is 5.95 Å². The van der Waals surface area contributed by atoms with Crippen molar-refractivity contribution in [3.05, 3.63) is 41.9 Å². The normalized spacial score (nSPS) is 17.0. The molecule has 0 aliphatic carbocycles. The SMILES string of the molecule is Cc1cccc(Sc2cnc(N3CCC(C)(N)CC3)n3cnnc23)c1C. The smallest absolute Gasteiger partial charge is 0.212 e. The maximum atomic E-state index is 6.27. The van der Waals surface area contributed by atoms with Gasteiger partial charge in [0, 0.05) is 29.7 Å². The van der Waals surface area contributed by atoms with E-state index in [0.717, 1.165) is 42.4 Å². The highest BCUT2D eigenvalue weighted by Crippen LogP contribution is 2.34. The van der Waals surface area contributed by atoms with Crippen molar-refractivity contribution in [3.63, 3.8) is 0 Å². The number of nitrogens with zero attached hydrogens (tertiary/aromatic N) is 5. The fourth-order valence-corrected chi connectivity index (χ4v) is 4.30. The number of hydrogen-bond donors (Lipinski definition) is 1. The Morgan fingerprint density at radius 1 is 1.15 bits per heavy atom. The Morgan fingerprint density at radius 2 is 1.92 bits per heavy atom. The Balaban J connectivity index is 1.67. The van der Waals surface area contributed by atoms with Gasteiger partial charge in [0.25, 0.3) is 0 Å². The fraction of sp³-hybridized carbons (Fsp3) is 0.421. The first kappa shape index (κ1) is 17.3. The molecule has 6 nitrogen and oxygen atoms in total. The molecule has 1 aromatic carbocycles. The third-order valence-electron chi connectivity index (χ3n) is 5.24. The number of nitrogens with two attached hydrogens (primary N) is 1. The maximum Gasteiger partial charge on any atom is 0.212 e. The standard InChI is InChI=1S/C19H24N6S/c1-13-5-4-6-15(14(13)2)26-16-11-21-18(25-12-22-23-17(16)25)24-9-7-19(3,20)8-10-24/h4-6,11-12H,7-10,20H2,1-3H3. The largest absolute Gasteiger partial charge is 0.342 e. The van der Waals surface area contributed by atoms with Crippen LogP contribution in [0.4, 0.5) is 5.95 Å². The molecular formula is C19H24N6S. The molecule has 1 aliphatic heterocycles. The van der Waals surface area contributed by atoms with Crippen LogP contribution >= 0.6 is 11.8 Å². The molecular weight excluding hydrogens is 344 g/mol. The number of rotatable bonds is 3. The zero-order valence-electron chi connectivity index (χ0n) is 15.4. The summed E-state index contributed by atoms with van der Waals surface area (Å²) in [6.07, 6.45) is 5.58. The second-order valence-corrected chi connectivity index (χ2v) is 8.47. The zero-order valence-corrected chi connectivity index (χ0v) is 16.3. The first-order valence-corrected chi connectivity index (χ1v) is 9.73. The quantitative estimate of drug-likeness (QED) is 0.765. The van der Waals surface area contributed by atoms with Crippen LogP contribution in [0.5, 0.6) is 0 Å². The lowest BCUT2D eigenvalue weighted by Gasteiger charge is -2.37. The molecule has 0 spiro atoms. The maximum absolute atomic E-state index is 6.27. The van der Waals surface area contributed by atoms with E-state index in [9.17, 15) is 0 Å². The third-order valence-corrected chi connectivity index (χ3v) is 6.41. The topological polar surface area (TPSA) is 72.3 Å². The second-order valence-electron chi connectivity index (χ2n) is 7.39. The van der Waals surface area contributed by atoms with Crippen LogP contribution in [-0.4, -0.2) is 38.2 Å². The van der Waals surface area contributed by atoms with Crippen molar-refractivity contribution < 1.29 is 0 Å². The molecule has 0 radical (unpaired) electrons. The molecule has 2 N–H and O–H groups in total. The lowest BCUT2D eigenvalue weighted by Crippen LogP contribution is -2.48. The highest BCUT2D eigenvalue weighted by Gasteiger charge is 2.28. The number of hydrogen-bond acceptors (Lipinski definition) is 6. The minimum atomic E-state index is -0.0821. The van der Waals surface area contributed by atoms with Gasteiger partial charge in [-0.05, 0) is 50.8 Å². The molecule has 3 heterocycles. The summed E-state index contributed by atoms with van der Waals surface area (Å²) in [6.45, 7) is 8.20. The number of aryl methyl sites for hydroxylation is 1. The lowest BCUT2D eigenvalue weighted by atomic mass is 9.91. The van der Waals surface area contributed by atoms with Gasteiger partial charge in [-0.3, -0.25) is 0 Å². The second kappa shape index (κ2) is 6.55. The van der Waals surface area contributed by atoms with Gasteiger partial charge in [0.15, 0.2) is 5.65 Å². The summed E-state index contributed by atoms with van der Waals surface area (Å²) >= 11 is 1.69.